The van der Waals surface area contributed by atoms with E-state index in [-0.39, 0.29) is 17.0 Å². The van der Waals surface area contributed by atoms with Gasteiger partial charge in [-0.15, -0.1) is 0 Å². The molecule has 0 unspecified atom stereocenters. The predicted octanol–water partition coefficient (Wildman–Crippen LogP) is 1.89. The van der Waals surface area contributed by atoms with Crippen molar-refractivity contribution in [3.05, 3.63) is 54.0 Å². The van der Waals surface area contributed by atoms with Crippen molar-refractivity contribution in [3.8, 4) is 0 Å². The van der Waals surface area contributed by atoms with E-state index in [1.165, 1.54) is 44.7 Å². The summed E-state index contributed by atoms with van der Waals surface area (Å²) >= 11 is 0. The van der Waals surface area contributed by atoms with Gasteiger partial charge >= 0.3 is 5.97 Å². The quantitative estimate of drug-likeness (QED) is 0.788. The Kier molecular flexibility index (Phi) is 4.44. The molecule has 0 aliphatic carbocycles. The number of ether oxygens (including phenoxy) is 1. The van der Waals surface area contributed by atoms with Crippen LogP contribution in [0.5, 0.6) is 0 Å². The van der Waals surface area contributed by atoms with E-state index >= 15 is 0 Å². The van der Waals surface area contributed by atoms with Crippen molar-refractivity contribution in [1.82, 2.24) is 4.31 Å². The normalized spacial score (nSPS) is 11.6. The molecule has 1 aromatic carbocycles. The SMILES string of the molecule is COC(=O)c1cccc(S(=O)(=O)N(C)Cc2ccco2)c1. The molecule has 0 amide bonds. The van der Waals surface area contributed by atoms with Crippen molar-refractivity contribution in [2.24, 2.45) is 0 Å². The van der Waals surface area contributed by atoms with Crippen LogP contribution in [-0.4, -0.2) is 32.8 Å². The molecular weight excluding hydrogens is 294 g/mol. The van der Waals surface area contributed by atoms with Gasteiger partial charge in [-0.05, 0) is 30.3 Å². The number of furan rings is 1. The monoisotopic (exact) mass is 309 g/mol. The van der Waals surface area contributed by atoms with Gasteiger partial charge in [0.1, 0.15) is 5.76 Å². The first-order valence-electron chi connectivity index (χ1n) is 6.12. The van der Waals surface area contributed by atoms with Crippen LogP contribution >= 0.6 is 0 Å². The third-order valence-electron chi connectivity index (χ3n) is 2.92. The van der Waals surface area contributed by atoms with Gasteiger partial charge in [-0.3, -0.25) is 0 Å². The minimum atomic E-state index is -3.71. The molecule has 0 radical (unpaired) electrons. The Labute approximate surface area is 123 Å². The van der Waals surface area contributed by atoms with Crippen LogP contribution in [0.25, 0.3) is 0 Å². The number of nitrogens with zero attached hydrogens (tertiary/aromatic N) is 1. The average molecular weight is 309 g/mol. The number of benzene rings is 1. The Balaban J connectivity index is 2.28. The third kappa shape index (κ3) is 3.32. The molecule has 21 heavy (non-hydrogen) atoms. The van der Waals surface area contributed by atoms with Crippen molar-refractivity contribution in [2.75, 3.05) is 14.2 Å². The molecule has 7 heteroatoms. The summed E-state index contributed by atoms with van der Waals surface area (Å²) in [4.78, 5) is 11.5. The number of sulfonamides is 1. The van der Waals surface area contributed by atoms with Gasteiger partial charge in [0.05, 0.1) is 30.4 Å². The number of rotatable bonds is 5. The first-order valence-corrected chi connectivity index (χ1v) is 7.56. The summed E-state index contributed by atoms with van der Waals surface area (Å²) in [6, 6.07) is 9.10. The fourth-order valence-corrected chi connectivity index (χ4v) is 2.97. The number of carbonyl (C=O) groups excluding carboxylic acids is 1. The summed E-state index contributed by atoms with van der Waals surface area (Å²) < 4.78 is 35.8. The van der Waals surface area contributed by atoms with Crippen LogP contribution in [0.2, 0.25) is 0 Å². The number of hydrogen-bond acceptors (Lipinski definition) is 5. The summed E-state index contributed by atoms with van der Waals surface area (Å²) in [6.45, 7) is 0.109. The van der Waals surface area contributed by atoms with Gasteiger partial charge in [0.25, 0.3) is 0 Å². The first kappa shape index (κ1) is 15.3. The molecule has 112 valence electrons. The Bertz CT molecular complexity index is 722. The molecule has 0 saturated carbocycles. The number of carbonyl (C=O) groups is 1. The van der Waals surface area contributed by atoms with E-state index in [0.29, 0.717) is 5.76 Å². The highest BCUT2D eigenvalue weighted by atomic mass is 32.2. The molecule has 2 rings (SSSR count). The van der Waals surface area contributed by atoms with E-state index in [0.717, 1.165) is 4.31 Å². The second-order valence-corrected chi connectivity index (χ2v) is 6.40. The van der Waals surface area contributed by atoms with E-state index < -0.39 is 16.0 Å². The third-order valence-corrected chi connectivity index (χ3v) is 4.72. The lowest BCUT2D eigenvalue weighted by Crippen LogP contribution is -2.26. The molecule has 0 N–H and O–H groups in total. The Morgan fingerprint density at radius 2 is 2.05 bits per heavy atom. The van der Waals surface area contributed by atoms with Gasteiger partial charge in [-0.2, -0.15) is 4.31 Å². The van der Waals surface area contributed by atoms with Gasteiger partial charge in [0.15, 0.2) is 0 Å². The lowest BCUT2D eigenvalue weighted by Gasteiger charge is -2.16. The first-order chi connectivity index (χ1) is 9.95. The molecule has 1 heterocycles. The summed E-state index contributed by atoms with van der Waals surface area (Å²) in [7, 11) is -1.02. The van der Waals surface area contributed by atoms with Gasteiger partial charge in [-0.1, -0.05) is 6.07 Å². The highest BCUT2D eigenvalue weighted by molar-refractivity contribution is 7.89. The zero-order chi connectivity index (χ0) is 15.5. The maximum Gasteiger partial charge on any atom is 0.337 e. The van der Waals surface area contributed by atoms with Crippen LogP contribution < -0.4 is 0 Å². The molecule has 0 aliphatic rings. The molecule has 0 bridgehead atoms. The highest BCUT2D eigenvalue weighted by Gasteiger charge is 2.22. The van der Waals surface area contributed by atoms with E-state index in [2.05, 4.69) is 4.74 Å². The van der Waals surface area contributed by atoms with Gasteiger partial charge in [0, 0.05) is 7.05 Å². The molecule has 2 aromatic rings. The summed E-state index contributed by atoms with van der Waals surface area (Å²) in [5.74, 6) is -0.0501. The van der Waals surface area contributed by atoms with E-state index in [1.807, 2.05) is 0 Å². The number of hydrogen-bond donors (Lipinski definition) is 0. The van der Waals surface area contributed by atoms with Crippen LogP contribution in [0.3, 0.4) is 0 Å². The van der Waals surface area contributed by atoms with Crippen LogP contribution in [0.1, 0.15) is 16.1 Å². The number of methoxy groups -OCH3 is 1. The molecule has 0 atom stereocenters. The van der Waals surface area contributed by atoms with Crippen molar-refractivity contribution in [3.63, 3.8) is 0 Å². The fourth-order valence-electron chi connectivity index (χ4n) is 1.79. The molecule has 1 aromatic heterocycles. The largest absolute Gasteiger partial charge is 0.468 e. The second-order valence-electron chi connectivity index (χ2n) is 4.36. The Morgan fingerprint density at radius 3 is 2.67 bits per heavy atom. The topological polar surface area (TPSA) is 76.8 Å². The molecule has 0 fully saturated rings. The van der Waals surface area contributed by atoms with E-state index in [1.54, 1.807) is 12.1 Å². The van der Waals surface area contributed by atoms with Gasteiger partial charge in [-0.25, -0.2) is 13.2 Å². The highest BCUT2D eigenvalue weighted by Crippen LogP contribution is 2.18. The minimum absolute atomic E-state index is 0.0273. The smallest absolute Gasteiger partial charge is 0.337 e. The standard InChI is InChI=1S/C14H15NO5S/c1-15(10-12-6-4-8-20-12)21(17,18)13-7-3-5-11(9-13)14(16)19-2/h3-9H,10H2,1-2H3. The lowest BCUT2D eigenvalue weighted by atomic mass is 10.2. The van der Waals surface area contributed by atoms with Crippen LogP contribution in [-0.2, 0) is 21.3 Å². The van der Waals surface area contributed by atoms with Crippen molar-refractivity contribution in [2.45, 2.75) is 11.4 Å². The van der Waals surface area contributed by atoms with E-state index in [4.69, 9.17) is 4.42 Å². The number of esters is 1. The molecule has 0 saturated heterocycles. The summed E-state index contributed by atoms with van der Waals surface area (Å²) in [5, 5.41) is 0. The zero-order valence-corrected chi connectivity index (χ0v) is 12.5. The van der Waals surface area contributed by atoms with Gasteiger partial charge < -0.3 is 9.15 Å². The van der Waals surface area contributed by atoms with Crippen LogP contribution in [0.4, 0.5) is 0 Å². The average Bonchev–Trinajstić information content (AvgIpc) is 2.99. The fraction of sp³-hybridized carbons (Fsp3) is 0.214. The maximum atomic E-state index is 12.5. The van der Waals surface area contributed by atoms with Crippen LogP contribution in [0, 0.1) is 0 Å². The minimum Gasteiger partial charge on any atom is -0.468 e. The Morgan fingerprint density at radius 1 is 1.29 bits per heavy atom. The van der Waals surface area contributed by atoms with Crippen molar-refractivity contribution >= 4 is 16.0 Å². The molecular formula is C14H15NO5S. The zero-order valence-electron chi connectivity index (χ0n) is 11.6. The maximum absolute atomic E-state index is 12.5. The summed E-state index contributed by atoms with van der Waals surface area (Å²) in [6.07, 6.45) is 1.48. The van der Waals surface area contributed by atoms with Crippen molar-refractivity contribution in [1.29, 1.82) is 0 Å². The van der Waals surface area contributed by atoms with E-state index in [9.17, 15) is 13.2 Å². The molecule has 0 spiro atoms. The van der Waals surface area contributed by atoms with Crippen molar-refractivity contribution < 1.29 is 22.4 Å². The Hall–Kier alpha value is -2.12. The van der Waals surface area contributed by atoms with Crippen LogP contribution in [0.15, 0.2) is 52.0 Å². The molecule has 6 nitrogen and oxygen atoms in total. The predicted molar refractivity (Wildman–Crippen MR) is 75.1 cm³/mol. The lowest BCUT2D eigenvalue weighted by molar-refractivity contribution is 0.0600. The second kappa shape index (κ2) is 6.11. The molecule has 0 aliphatic heterocycles. The van der Waals surface area contributed by atoms with Gasteiger partial charge in [0.2, 0.25) is 10.0 Å². The summed E-state index contributed by atoms with van der Waals surface area (Å²) in [5.41, 5.74) is 0.185.